The van der Waals surface area contributed by atoms with Crippen LogP contribution in [-0.4, -0.2) is 24.0 Å². The molecular weight excluding hydrogens is 134 g/mol. The van der Waals surface area contributed by atoms with Crippen molar-refractivity contribution < 1.29 is 0 Å². The van der Waals surface area contributed by atoms with Crippen LogP contribution < -0.4 is 0 Å². The molecule has 0 radical (unpaired) electrons. The van der Waals surface area contributed by atoms with Crippen LogP contribution in [0.25, 0.3) is 0 Å². The maximum atomic E-state index is 3.79. The highest BCUT2D eigenvalue weighted by molar-refractivity contribution is 5.05. The number of nitrogens with zero attached hydrogens (tertiary/aromatic N) is 1. The third kappa shape index (κ3) is 2.19. The molecule has 1 heteroatoms. The van der Waals surface area contributed by atoms with Crippen LogP contribution in [-0.2, 0) is 0 Å². The maximum Gasteiger partial charge on any atom is 0.0250 e. The first kappa shape index (κ1) is 8.54. The lowest BCUT2D eigenvalue weighted by Crippen LogP contribution is -2.35. The Morgan fingerprint density at radius 1 is 1.73 bits per heavy atom. The Morgan fingerprint density at radius 2 is 2.45 bits per heavy atom. The fourth-order valence-corrected chi connectivity index (χ4v) is 1.31. The minimum absolute atomic E-state index is 0.527. The molecule has 1 atom stereocenters. The van der Waals surface area contributed by atoms with Crippen molar-refractivity contribution in [2.75, 3.05) is 13.1 Å². The van der Waals surface area contributed by atoms with Gasteiger partial charge in [-0.2, -0.15) is 0 Å². The molecule has 0 aromatic carbocycles. The van der Waals surface area contributed by atoms with Gasteiger partial charge in [-0.15, -0.1) is 6.58 Å². The van der Waals surface area contributed by atoms with Crippen molar-refractivity contribution in [2.45, 2.75) is 26.3 Å². The van der Waals surface area contributed by atoms with Crippen LogP contribution in [0, 0.1) is 0 Å². The van der Waals surface area contributed by atoms with E-state index in [1.807, 2.05) is 6.08 Å². The molecule has 0 saturated heterocycles. The first-order valence-electron chi connectivity index (χ1n) is 4.26. The van der Waals surface area contributed by atoms with Gasteiger partial charge < -0.3 is 0 Å². The monoisotopic (exact) mass is 151 g/mol. The Kier molecular flexibility index (Phi) is 2.89. The molecule has 0 fully saturated rings. The molecule has 0 N–H and O–H groups in total. The standard InChI is InChI=1S/C10H17N/c1-4-10(3)11-7-5-9(2)6-8-11/h4-5,10H,1,6-8H2,2-3H3. The summed E-state index contributed by atoms with van der Waals surface area (Å²) in [5.74, 6) is 0. The van der Waals surface area contributed by atoms with Crippen LogP contribution in [0.3, 0.4) is 0 Å². The summed E-state index contributed by atoms with van der Waals surface area (Å²) in [4.78, 5) is 2.43. The van der Waals surface area contributed by atoms with Crippen LogP contribution >= 0.6 is 0 Å². The Morgan fingerprint density at radius 3 is 2.91 bits per heavy atom. The van der Waals surface area contributed by atoms with Crippen molar-refractivity contribution in [1.82, 2.24) is 4.90 Å². The molecule has 0 saturated carbocycles. The molecule has 0 aromatic rings. The van der Waals surface area contributed by atoms with Crippen LogP contribution in [0.1, 0.15) is 20.3 Å². The second-order valence-corrected chi connectivity index (χ2v) is 3.27. The molecule has 0 spiro atoms. The highest BCUT2D eigenvalue weighted by Gasteiger charge is 2.12. The highest BCUT2D eigenvalue weighted by Crippen LogP contribution is 2.12. The smallest absolute Gasteiger partial charge is 0.0250 e. The summed E-state index contributed by atoms with van der Waals surface area (Å²) < 4.78 is 0. The molecular formula is C10H17N. The molecule has 1 heterocycles. The zero-order valence-corrected chi connectivity index (χ0v) is 7.51. The van der Waals surface area contributed by atoms with Gasteiger partial charge in [-0.3, -0.25) is 4.90 Å². The minimum atomic E-state index is 0.527. The van der Waals surface area contributed by atoms with Gasteiger partial charge in [-0.1, -0.05) is 17.7 Å². The van der Waals surface area contributed by atoms with Crippen LogP contribution in [0.2, 0.25) is 0 Å². The third-order valence-electron chi connectivity index (χ3n) is 2.38. The summed E-state index contributed by atoms with van der Waals surface area (Å²) in [5, 5.41) is 0. The second kappa shape index (κ2) is 3.72. The van der Waals surface area contributed by atoms with E-state index in [1.165, 1.54) is 18.5 Å². The summed E-state index contributed by atoms with van der Waals surface area (Å²) in [6.07, 6.45) is 5.54. The SMILES string of the molecule is C=CC(C)N1CC=C(C)CC1. The van der Waals surface area contributed by atoms with E-state index in [1.54, 1.807) is 0 Å². The van der Waals surface area contributed by atoms with Crippen molar-refractivity contribution in [1.29, 1.82) is 0 Å². The molecule has 11 heavy (non-hydrogen) atoms. The highest BCUT2D eigenvalue weighted by atomic mass is 15.1. The molecule has 0 bridgehead atoms. The summed E-state index contributed by atoms with van der Waals surface area (Å²) >= 11 is 0. The number of rotatable bonds is 2. The van der Waals surface area contributed by atoms with E-state index >= 15 is 0 Å². The van der Waals surface area contributed by atoms with Gasteiger partial charge >= 0.3 is 0 Å². The Balaban J connectivity index is 2.46. The quantitative estimate of drug-likeness (QED) is 0.547. The van der Waals surface area contributed by atoms with E-state index in [4.69, 9.17) is 0 Å². The average Bonchev–Trinajstić information content (AvgIpc) is 2.05. The topological polar surface area (TPSA) is 3.24 Å². The maximum absolute atomic E-state index is 3.79. The Bertz CT molecular complexity index is 170. The van der Waals surface area contributed by atoms with Crippen molar-refractivity contribution in [3.63, 3.8) is 0 Å². The predicted octanol–water partition coefficient (Wildman–Crippen LogP) is 2.21. The largest absolute Gasteiger partial charge is 0.293 e. The number of hydrogen-bond acceptors (Lipinski definition) is 1. The predicted molar refractivity (Wildman–Crippen MR) is 49.6 cm³/mol. The van der Waals surface area contributed by atoms with Gasteiger partial charge in [-0.25, -0.2) is 0 Å². The summed E-state index contributed by atoms with van der Waals surface area (Å²) in [6.45, 7) is 10.5. The third-order valence-corrected chi connectivity index (χ3v) is 2.38. The normalized spacial score (nSPS) is 22.5. The van der Waals surface area contributed by atoms with Gasteiger partial charge in [-0.05, 0) is 20.3 Å². The van der Waals surface area contributed by atoms with Crippen molar-refractivity contribution in [3.8, 4) is 0 Å². The Hall–Kier alpha value is -0.560. The molecule has 62 valence electrons. The van der Waals surface area contributed by atoms with E-state index < -0.39 is 0 Å². The van der Waals surface area contributed by atoms with Gasteiger partial charge in [0.05, 0.1) is 0 Å². The lowest BCUT2D eigenvalue weighted by molar-refractivity contribution is 0.260. The molecule has 0 amide bonds. The molecule has 0 aliphatic carbocycles. The van der Waals surface area contributed by atoms with E-state index in [2.05, 4.69) is 31.4 Å². The first-order valence-corrected chi connectivity index (χ1v) is 4.26. The van der Waals surface area contributed by atoms with E-state index in [0.29, 0.717) is 6.04 Å². The van der Waals surface area contributed by atoms with E-state index in [9.17, 15) is 0 Å². The van der Waals surface area contributed by atoms with Gasteiger partial charge in [0.15, 0.2) is 0 Å². The average molecular weight is 151 g/mol. The zero-order chi connectivity index (χ0) is 8.27. The van der Waals surface area contributed by atoms with Crippen molar-refractivity contribution >= 4 is 0 Å². The molecule has 1 aliphatic rings. The summed E-state index contributed by atoms with van der Waals surface area (Å²) in [5.41, 5.74) is 1.53. The summed E-state index contributed by atoms with van der Waals surface area (Å²) in [6, 6.07) is 0.527. The fraction of sp³-hybridized carbons (Fsp3) is 0.600. The molecule has 1 rings (SSSR count). The lowest BCUT2D eigenvalue weighted by atomic mass is 10.1. The van der Waals surface area contributed by atoms with Crippen LogP contribution in [0.15, 0.2) is 24.3 Å². The number of hydrogen-bond donors (Lipinski definition) is 0. The van der Waals surface area contributed by atoms with Gasteiger partial charge in [0.2, 0.25) is 0 Å². The lowest BCUT2D eigenvalue weighted by Gasteiger charge is -2.29. The molecule has 1 aliphatic heterocycles. The van der Waals surface area contributed by atoms with Gasteiger partial charge in [0.1, 0.15) is 0 Å². The summed E-state index contributed by atoms with van der Waals surface area (Å²) in [7, 11) is 0. The van der Waals surface area contributed by atoms with Crippen molar-refractivity contribution in [2.24, 2.45) is 0 Å². The van der Waals surface area contributed by atoms with E-state index in [0.717, 1.165) is 6.54 Å². The zero-order valence-electron chi connectivity index (χ0n) is 7.51. The van der Waals surface area contributed by atoms with Crippen LogP contribution in [0.5, 0.6) is 0 Å². The minimum Gasteiger partial charge on any atom is -0.293 e. The van der Waals surface area contributed by atoms with Gasteiger partial charge in [0, 0.05) is 19.1 Å². The first-order chi connectivity index (χ1) is 5.24. The molecule has 0 aromatic heterocycles. The van der Waals surface area contributed by atoms with Gasteiger partial charge in [0.25, 0.3) is 0 Å². The molecule has 1 nitrogen and oxygen atoms in total. The second-order valence-electron chi connectivity index (χ2n) is 3.27. The Labute approximate surface area is 69.4 Å². The molecule has 1 unspecified atom stereocenters. The van der Waals surface area contributed by atoms with E-state index in [-0.39, 0.29) is 0 Å². The van der Waals surface area contributed by atoms with Crippen molar-refractivity contribution in [3.05, 3.63) is 24.3 Å². The van der Waals surface area contributed by atoms with Crippen LogP contribution in [0.4, 0.5) is 0 Å². The fourth-order valence-electron chi connectivity index (χ4n) is 1.31.